The Bertz CT molecular complexity index is 1260. The van der Waals surface area contributed by atoms with Crippen molar-refractivity contribution in [3.63, 3.8) is 0 Å². The lowest BCUT2D eigenvalue weighted by Gasteiger charge is -2.29. The molecule has 36 heavy (non-hydrogen) atoms. The molecular weight excluding hydrogens is 499 g/mol. The van der Waals surface area contributed by atoms with E-state index in [-0.39, 0.29) is 47.1 Å². The maximum Gasteiger partial charge on any atom is 0.225 e. The lowest BCUT2D eigenvalue weighted by atomic mass is 9.85. The molecule has 1 aliphatic heterocycles. The molecule has 0 spiro atoms. The van der Waals surface area contributed by atoms with Gasteiger partial charge in [0.25, 0.3) is 0 Å². The molecule has 4 N–H and O–H groups in total. The molecule has 1 amide bonds. The number of nitrogens with one attached hydrogen (secondary N) is 2. The van der Waals surface area contributed by atoms with Crippen molar-refractivity contribution in [2.24, 2.45) is 11.7 Å². The van der Waals surface area contributed by atoms with Crippen LogP contribution in [0.4, 0.5) is 30.8 Å². The van der Waals surface area contributed by atoms with Crippen LogP contribution >= 0.6 is 11.6 Å². The molecule has 192 valence electrons. The first-order valence-corrected chi connectivity index (χ1v) is 12.1. The molecule has 1 saturated carbocycles. The van der Waals surface area contributed by atoms with E-state index in [0.717, 1.165) is 12.1 Å². The molecule has 9 nitrogen and oxygen atoms in total. The summed E-state index contributed by atoms with van der Waals surface area (Å²) in [5.74, 6) is -1.78. The van der Waals surface area contributed by atoms with Crippen LogP contribution in [0.3, 0.4) is 0 Å². The number of rotatable bonds is 6. The lowest BCUT2D eigenvalue weighted by Crippen LogP contribution is -2.39. The number of primary amides is 1. The first kappa shape index (κ1) is 24.6. The number of alkyl halides is 1. The number of imidazole rings is 1. The zero-order valence-electron chi connectivity index (χ0n) is 19.2. The van der Waals surface area contributed by atoms with Gasteiger partial charge in [-0.2, -0.15) is 4.98 Å². The van der Waals surface area contributed by atoms with E-state index in [0.29, 0.717) is 49.9 Å². The number of benzene rings is 1. The molecule has 3 heterocycles. The summed E-state index contributed by atoms with van der Waals surface area (Å²) in [6.07, 6.45) is 3.12. The maximum atomic E-state index is 14.6. The minimum atomic E-state index is -1.20. The van der Waals surface area contributed by atoms with Crippen LogP contribution in [-0.4, -0.2) is 50.9 Å². The van der Waals surface area contributed by atoms with Crippen LogP contribution in [0.15, 0.2) is 18.3 Å². The van der Waals surface area contributed by atoms with Gasteiger partial charge in [0.2, 0.25) is 17.8 Å². The van der Waals surface area contributed by atoms with E-state index in [1.165, 1.54) is 6.20 Å². The van der Waals surface area contributed by atoms with E-state index in [9.17, 15) is 18.0 Å². The van der Waals surface area contributed by atoms with Gasteiger partial charge in [0, 0.05) is 24.6 Å². The van der Waals surface area contributed by atoms with Gasteiger partial charge >= 0.3 is 0 Å². The standard InChI is InChI=1S/C23H25ClF3N7O2/c24-14-7-12(25)8-15(26)19(14)32-23-31-18-9-29-22(30-17-5-6-36-10-16(17)27)33-21(18)34(23)13-3-1-11(2-4-13)20(28)35/h7-9,11,13,16-17H,1-6,10H2,(H2,28,35)(H,31,32)(H,29,30,33)/t11?,13?,16-,17?/m1/s1. The minimum Gasteiger partial charge on any atom is -0.378 e. The number of nitrogens with two attached hydrogens (primary N) is 1. The highest BCUT2D eigenvalue weighted by molar-refractivity contribution is 6.33. The van der Waals surface area contributed by atoms with Crippen LogP contribution in [0.2, 0.25) is 5.02 Å². The van der Waals surface area contributed by atoms with Crippen molar-refractivity contribution in [2.45, 2.75) is 50.4 Å². The molecule has 1 unspecified atom stereocenters. The Kier molecular flexibility index (Phi) is 6.89. The van der Waals surface area contributed by atoms with Crippen molar-refractivity contribution < 1.29 is 22.7 Å². The van der Waals surface area contributed by atoms with Crippen molar-refractivity contribution >= 4 is 46.3 Å². The second kappa shape index (κ2) is 10.1. The molecule has 1 saturated heterocycles. The highest BCUT2D eigenvalue weighted by Crippen LogP contribution is 2.38. The Morgan fingerprint density at radius 3 is 2.64 bits per heavy atom. The Labute approximate surface area is 209 Å². The topological polar surface area (TPSA) is 120 Å². The molecule has 3 aromatic rings. The van der Waals surface area contributed by atoms with Gasteiger partial charge in [-0.1, -0.05) is 11.6 Å². The Morgan fingerprint density at radius 2 is 1.94 bits per heavy atom. The highest BCUT2D eigenvalue weighted by atomic mass is 35.5. The first-order valence-electron chi connectivity index (χ1n) is 11.7. The van der Waals surface area contributed by atoms with Gasteiger partial charge in [-0.25, -0.2) is 23.1 Å². The molecule has 2 fully saturated rings. The smallest absolute Gasteiger partial charge is 0.225 e. The molecule has 5 rings (SSSR count). The van der Waals surface area contributed by atoms with Crippen LogP contribution in [0.25, 0.3) is 11.2 Å². The number of halogens is 4. The van der Waals surface area contributed by atoms with Crippen molar-refractivity contribution in [3.05, 3.63) is 35.0 Å². The van der Waals surface area contributed by atoms with E-state index in [1.54, 1.807) is 4.57 Å². The number of nitrogens with zero attached hydrogens (tertiary/aromatic N) is 4. The average molecular weight is 524 g/mol. The summed E-state index contributed by atoms with van der Waals surface area (Å²) < 4.78 is 49.4. The van der Waals surface area contributed by atoms with E-state index >= 15 is 0 Å². The fraction of sp³-hybridized carbons (Fsp3) is 0.478. The summed E-state index contributed by atoms with van der Waals surface area (Å²) in [7, 11) is 0. The highest BCUT2D eigenvalue weighted by Gasteiger charge is 2.30. The fourth-order valence-electron chi connectivity index (χ4n) is 4.82. The van der Waals surface area contributed by atoms with Crippen LogP contribution in [0, 0.1) is 17.6 Å². The van der Waals surface area contributed by atoms with Crippen LogP contribution in [-0.2, 0) is 9.53 Å². The van der Waals surface area contributed by atoms with Gasteiger partial charge in [-0.05, 0) is 38.2 Å². The molecule has 2 aliphatic rings. The second-order valence-corrected chi connectivity index (χ2v) is 9.52. The molecule has 1 aromatic carbocycles. The molecule has 2 aromatic heterocycles. The van der Waals surface area contributed by atoms with E-state index in [2.05, 4.69) is 25.6 Å². The minimum absolute atomic E-state index is 0.000983. The monoisotopic (exact) mass is 523 g/mol. The number of hydrogen-bond donors (Lipinski definition) is 3. The first-order chi connectivity index (χ1) is 17.3. The van der Waals surface area contributed by atoms with Gasteiger partial charge in [-0.3, -0.25) is 9.36 Å². The van der Waals surface area contributed by atoms with Gasteiger partial charge in [0.05, 0.1) is 29.6 Å². The van der Waals surface area contributed by atoms with E-state index in [4.69, 9.17) is 22.1 Å². The fourth-order valence-corrected chi connectivity index (χ4v) is 5.06. The number of carbonyl (C=O) groups excluding carboxylic acids is 1. The number of anilines is 3. The van der Waals surface area contributed by atoms with Gasteiger partial charge < -0.3 is 21.1 Å². The Hall–Kier alpha value is -3.12. The van der Waals surface area contributed by atoms with Crippen LogP contribution in [0.5, 0.6) is 0 Å². The van der Waals surface area contributed by atoms with E-state index < -0.39 is 23.8 Å². The second-order valence-electron chi connectivity index (χ2n) is 9.12. The van der Waals surface area contributed by atoms with Crippen LogP contribution < -0.4 is 16.4 Å². The van der Waals surface area contributed by atoms with Gasteiger partial charge in [0.1, 0.15) is 17.5 Å². The van der Waals surface area contributed by atoms with Crippen molar-refractivity contribution in [1.29, 1.82) is 0 Å². The summed E-state index contributed by atoms with van der Waals surface area (Å²) in [5.41, 5.74) is 6.23. The van der Waals surface area contributed by atoms with Crippen molar-refractivity contribution in [1.82, 2.24) is 19.5 Å². The van der Waals surface area contributed by atoms with E-state index in [1.807, 2.05) is 0 Å². The molecule has 13 heteroatoms. The zero-order valence-corrected chi connectivity index (χ0v) is 19.9. The summed E-state index contributed by atoms with van der Waals surface area (Å²) >= 11 is 6.11. The summed E-state index contributed by atoms with van der Waals surface area (Å²) in [6.45, 7) is 0.429. The largest absolute Gasteiger partial charge is 0.378 e. The maximum absolute atomic E-state index is 14.6. The van der Waals surface area contributed by atoms with Crippen LogP contribution in [0.1, 0.15) is 38.1 Å². The molecule has 2 atom stereocenters. The van der Waals surface area contributed by atoms with Gasteiger partial charge in [0.15, 0.2) is 11.5 Å². The number of ether oxygens (including phenoxy) is 1. The third-order valence-corrected chi connectivity index (χ3v) is 7.04. The zero-order chi connectivity index (χ0) is 25.4. The lowest BCUT2D eigenvalue weighted by molar-refractivity contribution is -0.122. The van der Waals surface area contributed by atoms with Gasteiger partial charge in [-0.15, -0.1) is 0 Å². The number of fused-ring (bicyclic) bond motifs is 1. The third kappa shape index (κ3) is 4.92. The SMILES string of the molecule is NC(=O)C1CCC(n2c(Nc3c(F)cc(F)cc3Cl)nc3cnc(NC4CCOC[C@H]4F)nc32)CC1. The Balaban J connectivity index is 1.53. The molecule has 0 bridgehead atoms. The summed E-state index contributed by atoms with van der Waals surface area (Å²) in [5, 5.41) is 5.77. The molecular formula is C23H25ClF3N7O2. The summed E-state index contributed by atoms with van der Waals surface area (Å²) in [4.78, 5) is 25.1. The van der Waals surface area contributed by atoms with Crippen molar-refractivity contribution in [2.75, 3.05) is 23.8 Å². The quantitative estimate of drug-likeness (QED) is 0.441. The predicted octanol–water partition coefficient (Wildman–Crippen LogP) is 4.26. The Morgan fingerprint density at radius 1 is 1.17 bits per heavy atom. The summed E-state index contributed by atoms with van der Waals surface area (Å²) in [6, 6.07) is 1.09. The molecule has 1 aliphatic carbocycles. The third-order valence-electron chi connectivity index (χ3n) is 6.74. The average Bonchev–Trinajstić information content (AvgIpc) is 3.20. The predicted molar refractivity (Wildman–Crippen MR) is 128 cm³/mol. The number of hydrogen-bond acceptors (Lipinski definition) is 7. The number of aromatic nitrogens is 4. The number of amides is 1. The normalized spacial score (nSPS) is 24.6. The number of carbonyl (C=O) groups is 1. The molecule has 0 radical (unpaired) electrons. The van der Waals surface area contributed by atoms with Crippen molar-refractivity contribution in [3.8, 4) is 0 Å².